The van der Waals surface area contributed by atoms with E-state index in [9.17, 15) is 13.2 Å². The first-order valence-electron chi connectivity index (χ1n) is 8.08. The molecule has 3 rings (SSSR count). The summed E-state index contributed by atoms with van der Waals surface area (Å²) in [7, 11) is -1.61. The molecule has 0 atom stereocenters. The molecule has 1 aromatic rings. The normalized spacial score (nSPS) is 19.3. The van der Waals surface area contributed by atoms with Crippen LogP contribution in [0.1, 0.15) is 28.8 Å². The molecule has 1 fully saturated rings. The summed E-state index contributed by atoms with van der Waals surface area (Å²) in [6.07, 6.45) is 2.48. The van der Waals surface area contributed by atoms with E-state index in [0.29, 0.717) is 31.1 Å². The number of halogens is 1. The van der Waals surface area contributed by atoms with Gasteiger partial charge < -0.3 is 10.6 Å². The van der Waals surface area contributed by atoms with E-state index in [1.807, 2.05) is 7.05 Å². The zero-order chi connectivity index (χ0) is 16.4. The van der Waals surface area contributed by atoms with Gasteiger partial charge in [-0.2, -0.15) is 4.31 Å². The van der Waals surface area contributed by atoms with Crippen LogP contribution in [0.15, 0.2) is 23.1 Å². The average molecular weight is 374 g/mol. The summed E-state index contributed by atoms with van der Waals surface area (Å²) >= 11 is 0. The molecule has 2 aliphatic heterocycles. The molecule has 0 radical (unpaired) electrons. The third-order valence-corrected chi connectivity index (χ3v) is 6.60. The Morgan fingerprint density at radius 1 is 1.29 bits per heavy atom. The highest BCUT2D eigenvalue weighted by molar-refractivity contribution is 7.89. The van der Waals surface area contributed by atoms with Gasteiger partial charge in [-0.25, -0.2) is 8.42 Å². The predicted octanol–water partition coefficient (Wildman–Crippen LogP) is 1.01. The SMILES string of the molecule is CNCC1CCN(S(=O)(=O)c2ccc3c(c2)C(=O)NCC3)CC1.Cl. The molecule has 24 heavy (non-hydrogen) atoms. The van der Waals surface area contributed by atoms with E-state index in [-0.39, 0.29) is 23.2 Å². The molecule has 2 N–H and O–H groups in total. The van der Waals surface area contributed by atoms with Gasteiger partial charge in [-0.15, -0.1) is 12.4 Å². The number of hydrogen-bond acceptors (Lipinski definition) is 4. The van der Waals surface area contributed by atoms with Crippen molar-refractivity contribution in [2.45, 2.75) is 24.2 Å². The van der Waals surface area contributed by atoms with Crippen LogP contribution < -0.4 is 10.6 Å². The highest BCUT2D eigenvalue weighted by Gasteiger charge is 2.30. The topological polar surface area (TPSA) is 78.5 Å². The molecule has 0 unspecified atom stereocenters. The van der Waals surface area contributed by atoms with Crippen molar-refractivity contribution in [3.05, 3.63) is 29.3 Å². The summed E-state index contributed by atoms with van der Waals surface area (Å²) in [6, 6.07) is 4.93. The number of nitrogens with zero attached hydrogens (tertiary/aromatic N) is 1. The highest BCUT2D eigenvalue weighted by Crippen LogP contribution is 2.26. The summed E-state index contributed by atoms with van der Waals surface area (Å²) in [5.74, 6) is 0.344. The van der Waals surface area contributed by atoms with Gasteiger partial charge in [0.05, 0.1) is 4.90 Å². The van der Waals surface area contributed by atoms with Crippen molar-refractivity contribution >= 4 is 28.3 Å². The number of sulfonamides is 1. The number of amides is 1. The number of carbonyl (C=O) groups excluding carboxylic acids is 1. The second-order valence-corrected chi connectivity index (χ2v) is 8.17. The maximum absolute atomic E-state index is 12.8. The van der Waals surface area contributed by atoms with Crippen molar-refractivity contribution in [1.29, 1.82) is 0 Å². The lowest BCUT2D eigenvalue weighted by atomic mass is 9.98. The maximum Gasteiger partial charge on any atom is 0.251 e. The molecule has 0 aromatic heterocycles. The molecule has 0 aliphatic carbocycles. The molecule has 1 saturated heterocycles. The molecule has 1 amide bonds. The van der Waals surface area contributed by atoms with Gasteiger partial charge in [-0.1, -0.05) is 6.07 Å². The summed E-state index contributed by atoms with van der Waals surface area (Å²) in [4.78, 5) is 12.2. The Labute approximate surface area is 149 Å². The minimum Gasteiger partial charge on any atom is -0.352 e. The predicted molar refractivity (Wildman–Crippen MR) is 95.1 cm³/mol. The van der Waals surface area contributed by atoms with Gasteiger partial charge in [-0.3, -0.25) is 4.79 Å². The molecule has 1 aromatic carbocycles. The third kappa shape index (κ3) is 3.74. The lowest BCUT2D eigenvalue weighted by Crippen LogP contribution is -2.40. The minimum absolute atomic E-state index is 0. The van der Waals surface area contributed by atoms with Crippen LogP contribution in [-0.2, 0) is 16.4 Å². The van der Waals surface area contributed by atoms with Gasteiger partial charge in [0, 0.05) is 25.2 Å². The van der Waals surface area contributed by atoms with Crippen LogP contribution in [0.2, 0.25) is 0 Å². The van der Waals surface area contributed by atoms with Crippen molar-refractivity contribution in [2.24, 2.45) is 5.92 Å². The Balaban J connectivity index is 0.00000208. The Kier molecular flexibility index (Phi) is 6.25. The quantitative estimate of drug-likeness (QED) is 0.825. The largest absolute Gasteiger partial charge is 0.352 e. The molecule has 6 nitrogen and oxygen atoms in total. The first-order chi connectivity index (χ1) is 11.0. The summed E-state index contributed by atoms with van der Waals surface area (Å²) in [5, 5.41) is 5.91. The van der Waals surface area contributed by atoms with E-state index in [2.05, 4.69) is 10.6 Å². The van der Waals surface area contributed by atoms with E-state index in [0.717, 1.165) is 31.4 Å². The number of benzene rings is 1. The first kappa shape index (κ1) is 19.2. The lowest BCUT2D eigenvalue weighted by Gasteiger charge is -2.31. The average Bonchev–Trinajstić information content (AvgIpc) is 2.56. The van der Waals surface area contributed by atoms with E-state index in [1.165, 1.54) is 6.07 Å². The van der Waals surface area contributed by atoms with Gasteiger partial charge >= 0.3 is 0 Å². The summed E-state index contributed by atoms with van der Waals surface area (Å²) < 4.78 is 27.2. The van der Waals surface area contributed by atoms with Gasteiger partial charge in [0.15, 0.2) is 0 Å². The molecule has 134 valence electrons. The fourth-order valence-corrected chi connectivity index (χ4v) is 4.84. The molecule has 2 heterocycles. The molecular formula is C16H24ClN3O3S. The van der Waals surface area contributed by atoms with Gasteiger partial charge in [0.1, 0.15) is 0 Å². The van der Waals surface area contributed by atoms with Crippen LogP contribution >= 0.6 is 12.4 Å². The summed E-state index contributed by atoms with van der Waals surface area (Å²) in [6.45, 7) is 2.61. The fourth-order valence-electron chi connectivity index (χ4n) is 3.34. The summed E-state index contributed by atoms with van der Waals surface area (Å²) in [5.41, 5.74) is 1.41. The molecule has 8 heteroatoms. The van der Waals surface area contributed by atoms with Crippen LogP contribution in [0, 0.1) is 5.92 Å². The molecule has 0 bridgehead atoms. The van der Waals surface area contributed by atoms with Crippen molar-refractivity contribution in [2.75, 3.05) is 33.2 Å². The number of rotatable bonds is 4. The van der Waals surface area contributed by atoms with E-state index < -0.39 is 10.0 Å². The first-order valence-corrected chi connectivity index (χ1v) is 9.52. The zero-order valence-electron chi connectivity index (χ0n) is 13.7. The highest BCUT2D eigenvalue weighted by atomic mass is 35.5. The number of fused-ring (bicyclic) bond motifs is 1. The van der Waals surface area contributed by atoms with E-state index >= 15 is 0 Å². The second-order valence-electron chi connectivity index (χ2n) is 6.23. The van der Waals surface area contributed by atoms with Crippen molar-refractivity contribution in [3.8, 4) is 0 Å². The van der Waals surface area contributed by atoms with Gasteiger partial charge in [0.2, 0.25) is 10.0 Å². The Bertz CT molecular complexity index is 701. The van der Waals surface area contributed by atoms with Crippen LogP contribution in [0.5, 0.6) is 0 Å². The van der Waals surface area contributed by atoms with E-state index in [1.54, 1.807) is 16.4 Å². The molecular weight excluding hydrogens is 350 g/mol. The Hall–Kier alpha value is -1.15. The lowest BCUT2D eigenvalue weighted by molar-refractivity contribution is 0.0945. The van der Waals surface area contributed by atoms with Gasteiger partial charge in [-0.05, 0) is 56.5 Å². The third-order valence-electron chi connectivity index (χ3n) is 4.71. The second kappa shape index (κ2) is 7.82. The van der Waals surface area contributed by atoms with Crippen molar-refractivity contribution in [3.63, 3.8) is 0 Å². The van der Waals surface area contributed by atoms with E-state index in [4.69, 9.17) is 0 Å². The smallest absolute Gasteiger partial charge is 0.251 e. The van der Waals surface area contributed by atoms with Crippen LogP contribution in [-0.4, -0.2) is 51.9 Å². The van der Waals surface area contributed by atoms with Gasteiger partial charge in [0.25, 0.3) is 5.91 Å². The monoisotopic (exact) mass is 373 g/mol. The standard InChI is InChI=1S/C16H23N3O3S.ClH/c1-17-11-12-5-8-19(9-6-12)23(21,22)14-3-2-13-4-7-18-16(20)15(13)10-14;/h2-3,10,12,17H,4-9,11H2,1H3,(H,18,20);1H. The number of carbonyl (C=O) groups is 1. The van der Waals surface area contributed by atoms with Crippen LogP contribution in [0.3, 0.4) is 0 Å². The number of hydrogen-bond donors (Lipinski definition) is 2. The Morgan fingerprint density at radius 3 is 2.67 bits per heavy atom. The number of nitrogens with one attached hydrogen (secondary N) is 2. The van der Waals surface area contributed by atoms with Crippen LogP contribution in [0.4, 0.5) is 0 Å². The minimum atomic E-state index is -3.52. The van der Waals surface area contributed by atoms with Crippen molar-refractivity contribution < 1.29 is 13.2 Å². The Morgan fingerprint density at radius 2 is 2.00 bits per heavy atom. The number of piperidine rings is 1. The molecule has 2 aliphatic rings. The molecule has 0 saturated carbocycles. The fraction of sp³-hybridized carbons (Fsp3) is 0.562. The van der Waals surface area contributed by atoms with Crippen LogP contribution in [0.25, 0.3) is 0 Å². The van der Waals surface area contributed by atoms with Crippen molar-refractivity contribution in [1.82, 2.24) is 14.9 Å². The maximum atomic E-state index is 12.8. The molecule has 0 spiro atoms. The zero-order valence-corrected chi connectivity index (χ0v) is 15.4.